The van der Waals surface area contributed by atoms with Gasteiger partial charge in [0.15, 0.2) is 12.4 Å². The standard InChI is InChI=1S/C36H42F3N7O4/c1-4-29(47)45-13-15-46(16-14-45)34-26-19-25(23-6-7-23)31(30-22(2)5-8-28-27(30)20-40-43-28)33(49-21-36(37,38)39)32(26)41-35(42-34)50-24-9-11-44(12-10-24)17-18-48-3/h4-5,8,19-20,23-24H,1,6-7,9-18,21H2,2-3H3,(H,40,43). The van der Waals surface area contributed by atoms with Gasteiger partial charge in [0, 0.05) is 69.3 Å². The lowest BCUT2D eigenvalue weighted by molar-refractivity contribution is -0.153. The molecule has 2 aliphatic heterocycles. The van der Waals surface area contributed by atoms with Gasteiger partial charge >= 0.3 is 12.2 Å². The summed E-state index contributed by atoms with van der Waals surface area (Å²) in [5.74, 6) is 0.599. The van der Waals surface area contributed by atoms with E-state index in [2.05, 4.69) is 26.6 Å². The molecule has 0 radical (unpaired) electrons. The van der Waals surface area contributed by atoms with E-state index in [4.69, 9.17) is 24.2 Å². The zero-order valence-electron chi connectivity index (χ0n) is 28.4. The molecule has 0 spiro atoms. The molecule has 2 aromatic carbocycles. The second-order valence-electron chi connectivity index (χ2n) is 13.3. The first-order valence-corrected chi connectivity index (χ1v) is 17.2. The number of piperazine rings is 1. The Morgan fingerprint density at radius 1 is 1.04 bits per heavy atom. The van der Waals surface area contributed by atoms with Crippen molar-refractivity contribution in [2.75, 3.05) is 71.0 Å². The highest BCUT2D eigenvalue weighted by Gasteiger charge is 2.36. The first-order chi connectivity index (χ1) is 24.1. The number of piperidine rings is 1. The number of H-pyrrole nitrogens is 1. The molecule has 2 aromatic heterocycles. The number of aromatic nitrogens is 4. The van der Waals surface area contributed by atoms with E-state index >= 15 is 0 Å². The predicted octanol–water partition coefficient (Wildman–Crippen LogP) is 5.62. The fourth-order valence-corrected chi connectivity index (χ4v) is 7.13. The average Bonchev–Trinajstić information content (AvgIpc) is 3.85. The quantitative estimate of drug-likeness (QED) is 0.200. The Bertz CT molecular complexity index is 1880. The maximum atomic E-state index is 14.0. The highest BCUT2D eigenvalue weighted by atomic mass is 19.4. The number of amides is 1. The Morgan fingerprint density at radius 2 is 1.80 bits per heavy atom. The van der Waals surface area contributed by atoms with Gasteiger partial charge in [0.2, 0.25) is 5.91 Å². The van der Waals surface area contributed by atoms with Crippen molar-refractivity contribution in [3.8, 4) is 22.9 Å². The number of carbonyl (C=O) groups is 1. The van der Waals surface area contributed by atoms with Gasteiger partial charge in [0.05, 0.1) is 18.3 Å². The molecule has 1 saturated carbocycles. The monoisotopic (exact) mass is 693 g/mol. The SMILES string of the molecule is C=CC(=O)N1CCN(c2nc(OC3CCN(CCOC)CC3)nc3c(OCC(F)(F)F)c(-c4c(C)ccc5[nH]ncc45)c(C4CC4)cc23)CC1. The number of likely N-dealkylation sites (tertiary alicyclic amines) is 1. The van der Waals surface area contributed by atoms with Crippen LogP contribution in [0.5, 0.6) is 11.8 Å². The van der Waals surface area contributed by atoms with Crippen LogP contribution < -0.4 is 14.4 Å². The van der Waals surface area contributed by atoms with Crippen molar-refractivity contribution in [1.82, 2.24) is 30.0 Å². The third-order valence-electron chi connectivity index (χ3n) is 9.90. The molecule has 7 rings (SSSR count). The van der Waals surface area contributed by atoms with Crippen LogP contribution in [0.3, 0.4) is 0 Å². The zero-order chi connectivity index (χ0) is 35.0. The van der Waals surface area contributed by atoms with Crippen molar-refractivity contribution >= 4 is 33.5 Å². The van der Waals surface area contributed by atoms with E-state index in [1.165, 1.54) is 6.08 Å². The van der Waals surface area contributed by atoms with Gasteiger partial charge in [0.1, 0.15) is 17.4 Å². The number of aryl methyl sites for hydroxylation is 1. The second kappa shape index (κ2) is 14.1. The molecule has 4 heterocycles. The number of nitrogens with zero attached hydrogens (tertiary/aromatic N) is 6. The molecule has 0 bridgehead atoms. The minimum absolute atomic E-state index is 0.0573. The molecule has 14 heteroatoms. The van der Waals surface area contributed by atoms with Gasteiger partial charge in [-0.1, -0.05) is 12.6 Å². The van der Waals surface area contributed by atoms with E-state index in [1.54, 1.807) is 18.2 Å². The lowest BCUT2D eigenvalue weighted by atomic mass is 9.89. The van der Waals surface area contributed by atoms with E-state index in [1.807, 2.05) is 25.1 Å². The fraction of sp³-hybridized carbons (Fsp3) is 0.500. The normalized spacial score (nSPS) is 17.9. The van der Waals surface area contributed by atoms with Crippen LogP contribution in [-0.2, 0) is 9.53 Å². The van der Waals surface area contributed by atoms with Crippen molar-refractivity contribution in [2.24, 2.45) is 0 Å². The van der Waals surface area contributed by atoms with E-state index in [9.17, 15) is 18.0 Å². The van der Waals surface area contributed by atoms with Gasteiger partial charge in [0.25, 0.3) is 0 Å². The number of nitrogens with one attached hydrogen (secondary N) is 1. The Hall–Kier alpha value is -4.43. The number of methoxy groups -OCH3 is 1. The molecular weight excluding hydrogens is 651 g/mol. The summed E-state index contributed by atoms with van der Waals surface area (Å²) in [6.07, 6.45) is 1.54. The molecule has 0 atom stereocenters. The number of anilines is 1. The number of halogens is 3. The lowest BCUT2D eigenvalue weighted by Gasteiger charge is -2.36. The van der Waals surface area contributed by atoms with Crippen molar-refractivity contribution in [1.29, 1.82) is 0 Å². The minimum Gasteiger partial charge on any atom is -0.481 e. The van der Waals surface area contributed by atoms with Gasteiger partial charge in [-0.05, 0) is 73.4 Å². The van der Waals surface area contributed by atoms with Gasteiger partial charge in [-0.2, -0.15) is 28.2 Å². The molecule has 11 nitrogen and oxygen atoms in total. The van der Waals surface area contributed by atoms with Crippen LogP contribution >= 0.6 is 0 Å². The van der Waals surface area contributed by atoms with Gasteiger partial charge in [-0.25, -0.2) is 0 Å². The predicted molar refractivity (Wildman–Crippen MR) is 184 cm³/mol. The number of aromatic amines is 1. The number of alkyl halides is 3. The van der Waals surface area contributed by atoms with Crippen molar-refractivity contribution in [2.45, 2.75) is 50.8 Å². The highest BCUT2D eigenvalue weighted by molar-refractivity contribution is 6.06. The lowest BCUT2D eigenvalue weighted by Crippen LogP contribution is -2.48. The second-order valence-corrected chi connectivity index (χ2v) is 13.3. The molecule has 2 saturated heterocycles. The molecule has 266 valence electrons. The third-order valence-corrected chi connectivity index (χ3v) is 9.90. The van der Waals surface area contributed by atoms with Gasteiger partial charge in [-0.15, -0.1) is 0 Å². The molecular formula is C36H42F3N7O4. The highest BCUT2D eigenvalue weighted by Crippen LogP contribution is 2.53. The van der Waals surface area contributed by atoms with E-state index < -0.39 is 12.8 Å². The number of benzene rings is 2. The number of hydrogen-bond acceptors (Lipinski definition) is 9. The Labute approximate surface area is 288 Å². The smallest absolute Gasteiger partial charge is 0.422 e. The van der Waals surface area contributed by atoms with Crippen LogP contribution in [0.25, 0.3) is 32.9 Å². The topological polar surface area (TPSA) is 109 Å². The van der Waals surface area contributed by atoms with Crippen molar-refractivity contribution in [3.63, 3.8) is 0 Å². The molecule has 3 aliphatic rings. The molecule has 1 aliphatic carbocycles. The summed E-state index contributed by atoms with van der Waals surface area (Å²) in [6.45, 7) is 9.01. The average molecular weight is 694 g/mol. The van der Waals surface area contributed by atoms with Crippen LogP contribution in [0.2, 0.25) is 0 Å². The summed E-state index contributed by atoms with van der Waals surface area (Å²) in [5, 5.41) is 8.64. The van der Waals surface area contributed by atoms with Crippen LogP contribution in [0.15, 0.2) is 37.1 Å². The maximum absolute atomic E-state index is 14.0. The van der Waals surface area contributed by atoms with Gasteiger partial charge in [-0.3, -0.25) is 9.89 Å². The van der Waals surface area contributed by atoms with E-state index in [-0.39, 0.29) is 35.2 Å². The summed E-state index contributed by atoms with van der Waals surface area (Å²) in [5.41, 5.74) is 4.16. The molecule has 0 unspecified atom stereocenters. The summed E-state index contributed by atoms with van der Waals surface area (Å²) < 4.78 is 59.5. The summed E-state index contributed by atoms with van der Waals surface area (Å²) in [6, 6.07) is 5.98. The number of rotatable bonds is 11. The minimum atomic E-state index is -4.59. The Morgan fingerprint density at radius 3 is 2.48 bits per heavy atom. The summed E-state index contributed by atoms with van der Waals surface area (Å²) in [7, 11) is 1.68. The number of ether oxygens (including phenoxy) is 3. The number of fused-ring (bicyclic) bond motifs is 2. The first-order valence-electron chi connectivity index (χ1n) is 17.2. The molecule has 1 N–H and O–H groups in total. The first kappa shape index (κ1) is 34.0. The molecule has 1 amide bonds. The fourth-order valence-electron chi connectivity index (χ4n) is 7.13. The molecule has 4 aromatic rings. The van der Waals surface area contributed by atoms with Crippen LogP contribution in [-0.4, -0.2) is 114 Å². The van der Waals surface area contributed by atoms with E-state index in [0.717, 1.165) is 72.9 Å². The Kier molecular flexibility index (Phi) is 9.57. The van der Waals surface area contributed by atoms with Crippen molar-refractivity contribution < 1.29 is 32.2 Å². The summed E-state index contributed by atoms with van der Waals surface area (Å²) in [4.78, 5) is 28.3. The Balaban J connectivity index is 1.39. The van der Waals surface area contributed by atoms with Gasteiger partial charge < -0.3 is 28.9 Å². The van der Waals surface area contributed by atoms with Crippen LogP contribution in [0.4, 0.5) is 19.0 Å². The summed E-state index contributed by atoms with van der Waals surface area (Å²) >= 11 is 0. The molecule has 3 fully saturated rings. The van der Waals surface area contributed by atoms with Crippen LogP contribution in [0, 0.1) is 6.92 Å². The van der Waals surface area contributed by atoms with Crippen molar-refractivity contribution in [3.05, 3.63) is 48.2 Å². The van der Waals surface area contributed by atoms with E-state index in [0.29, 0.717) is 49.6 Å². The maximum Gasteiger partial charge on any atom is 0.422 e. The number of hydrogen-bond donors (Lipinski definition) is 1. The molecule has 50 heavy (non-hydrogen) atoms. The largest absolute Gasteiger partial charge is 0.481 e. The zero-order valence-corrected chi connectivity index (χ0v) is 28.4. The third kappa shape index (κ3) is 7.08. The number of carbonyl (C=O) groups excluding carboxylic acids is 1. The van der Waals surface area contributed by atoms with Crippen LogP contribution in [0.1, 0.15) is 42.7 Å².